The molecule has 4 heterocycles. The van der Waals surface area contributed by atoms with Gasteiger partial charge in [0.2, 0.25) is 5.88 Å². The summed E-state index contributed by atoms with van der Waals surface area (Å²) in [5.74, 6) is 0.201. The Kier molecular flexibility index (Phi) is 5.66. The molecule has 8 nitrogen and oxygen atoms in total. The zero-order valence-electron chi connectivity index (χ0n) is 22.1. The monoisotopic (exact) mass is 559 g/mol. The van der Waals surface area contributed by atoms with E-state index in [9.17, 15) is 9.90 Å². The first-order valence-corrected chi connectivity index (χ1v) is 13.6. The molecule has 2 aliphatic heterocycles. The van der Waals surface area contributed by atoms with Crippen LogP contribution < -0.4 is 15.0 Å². The number of fused-ring (bicyclic) bond motifs is 4. The van der Waals surface area contributed by atoms with Gasteiger partial charge in [0.05, 0.1) is 11.6 Å². The Morgan fingerprint density at radius 1 is 1.18 bits per heavy atom. The van der Waals surface area contributed by atoms with E-state index >= 15 is 4.39 Å². The Morgan fingerprint density at radius 3 is 2.77 bits per heavy atom. The molecule has 0 saturated heterocycles. The predicted octanol–water partition coefficient (Wildman–Crippen LogP) is 6.50. The molecule has 2 aromatic carbocycles. The average Bonchev–Trinajstić information content (AvgIpc) is 3.69. The van der Waals surface area contributed by atoms with Crippen molar-refractivity contribution >= 4 is 45.7 Å². The maximum absolute atomic E-state index is 15.6. The summed E-state index contributed by atoms with van der Waals surface area (Å²) in [6, 6.07) is 10.1. The van der Waals surface area contributed by atoms with Gasteiger partial charge in [-0.15, -0.1) is 0 Å². The van der Waals surface area contributed by atoms with Crippen LogP contribution in [0.4, 0.5) is 26.4 Å². The van der Waals surface area contributed by atoms with Crippen molar-refractivity contribution in [3.8, 4) is 17.0 Å². The second kappa shape index (κ2) is 9.04. The number of nitrogens with one attached hydrogen (secondary N) is 1. The van der Waals surface area contributed by atoms with Crippen LogP contribution in [-0.2, 0) is 12.0 Å². The molecule has 4 aromatic rings. The minimum absolute atomic E-state index is 0.0541. The lowest BCUT2D eigenvalue weighted by Crippen LogP contribution is -2.37. The van der Waals surface area contributed by atoms with Crippen molar-refractivity contribution in [3.05, 3.63) is 70.3 Å². The quantitative estimate of drug-likeness (QED) is 0.296. The molecule has 0 atom stereocenters. The molecule has 0 radical (unpaired) electrons. The van der Waals surface area contributed by atoms with E-state index < -0.39 is 11.9 Å². The van der Waals surface area contributed by atoms with Crippen LogP contribution in [0.1, 0.15) is 29.5 Å². The van der Waals surface area contributed by atoms with Crippen LogP contribution in [0, 0.1) is 12.7 Å². The molecular formula is C30H27ClFN5O3. The van der Waals surface area contributed by atoms with E-state index in [2.05, 4.69) is 45.4 Å². The van der Waals surface area contributed by atoms with Crippen molar-refractivity contribution in [2.75, 3.05) is 37.0 Å². The van der Waals surface area contributed by atoms with Crippen molar-refractivity contribution in [3.63, 3.8) is 0 Å². The van der Waals surface area contributed by atoms with Crippen LogP contribution >= 0.6 is 11.6 Å². The number of nitrogens with zero attached hydrogens (tertiary/aromatic N) is 4. The zero-order valence-corrected chi connectivity index (χ0v) is 22.8. The minimum Gasteiger partial charge on any atom is -0.474 e. The van der Waals surface area contributed by atoms with Crippen molar-refractivity contribution in [2.45, 2.75) is 31.7 Å². The molecule has 1 fully saturated rings. The summed E-state index contributed by atoms with van der Waals surface area (Å²) in [7, 11) is 2.17. The first kappa shape index (κ1) is 25.0. The first-order valence-electron chi connectivity index (χ1n) is 13.2. The highest BCUT2D eigenvalue weighted by molar-refractivity contribution is 6.36. The molecule has 1 spiro atoms. The number of carboxylic acid groups (broad SMARTS) is 1. The Labute approximate surface area is 235 Å². The van der Waals surface area contributed by atoms with Crippen molar-refractivity contribution in [1.29, 1.82) is 0 Å². The molecule has 2 aromatic heterocycles. The lowest BCUT2D eigenvalue weighted by atomic mass is 9.87. The van der Waals surface area contributed by atoms with E-state index in [1.54, 1.807) is 19.2 Å². The highest BCUT2D eigenvalue weighted by atomic mass is 35.5. The number of anilines is 3. The third-order valence-corrected chi connectivity index (χ3v) is 8.70. The smallest absolute Gasteiger partial charge is 0.412 e. The lowest BCUT2D eigenvalue weighted by Gasteiger charge is -2.32. The Bertz CT molecular complexity index is 1720. The second-order valence-corrected chi connectivity index (χ2v) is 11.4. The van der Waals surface area contributed by atoms with Gasteiger partial charge in [0.1, 0.15) is 23.9 Å². The summed E-state index contributed by atoms with van der Waals surface area (Å²) in [5, 5.41) is 14.2. The largest absolute Gasteiger partial charge is 0.474 e. The van der Waals surface area contributed by atoms with Crippen molar-refractivity contribution < 1.29 is 19.0 Å². The molecule has 2 N–H and O–H groups in total. The van der Waals surface area contributed by atoms with Crippen LogP contribution in [0.15, 0.2) is 42.7 Å². The molecule has 3 aliphatic rings. The fourth-order valence-corrected chi connectivity index (χ4v) is 6.55. The highest BCUT2D eigenvalue weighted by Crippen LogP contribution is 2.52. The fraction of sp³-hybridized carbons (Fsp3) is 0.300. The molecule has 0 bridgehead atoms. The number of benzene rings is 2. The SMILES string of the molecule is Cc1c(-c2cc3cc(Nc4ccc5c(c4)CN(C)CC54CC4)ncc3c(Cl)c2F)cnc2c1N(C(=O)O)CCO2. The summed E-state index contributed by atoms with van der Waals surface area (Å²) in [4.78, 5) is 24.2. The van der Waals surface area contributed by atoms with Gasteiger partial charge in [-0.2, -0.15) is 0 Å². The molecule has 1 aliphatic carbocycles. The summed E-state index contributed by atoms with van der Waals surface area (Å²) >= 11 is 6.50. The third kappa shape index (κ3) is 3.95. The van der Waals surface area contributed by atoms with Gasteiger partial charge < -0.3 is 20.1 Å². The molecule has 0 unspecified atom stereocenters. The van der Waals surface area contributed by atoms with Gasteiger partial charge in [0.15, 0.2) is 0 Å². The zero-order chi connectivity index (χ0) is 27.8. The number of likely N-dealkylation sites (N-methyl/N-ethyl adjacent to an activating group) is 1. The van der Waals surface area contributed by atoms with Gasteiger partial charge in [0.25, 0.3) is 0 Å². The first-order chi connectivity index (χ1) is 19.2. The van der Waals surface area contributed by atoms with E-state index in [1.165, 1.54) is 35.1 Å². The number of rotatable bonds is 3. The highest BCUT2D eigenvalue weighted by Gasteiger charge is 2.48. The second-order valence-electron chi connectivity index (χ2n) is 11.0. The predicted molar refractivity (Wildman–Crippen MR) is 153 cm³/mol. The number of amides is 1. The third-order valence-electron chi connectivity index (χ3n) is 8.33. The standard InChI is InChI=1S/C30H27ClFN5O3/c1-16-21(12-34-28-27(16)37(29(38)39)7-8-40-28)20-10-17-11-24(33-13-22(17)25(31)26(20)32)35-19-3-4-23-18(9-19)14-36(2)15-30(23)5-6-30/h3-4,9-13H,5-8,14-15H2,1-2H3,(H,33,35)(H,38,39). The Hall–Kier alpha value is -3.95. The maximum Gasteiger partial charge on any atom is 0.412 e. The van der Waals surface area contributed by atoms with Gasteiger partial charge in [-0.1, -0.05) is 17.7 Å². The van der Waals surface area contributed by atoms with E-state index in [0.29, 0.717) is 38.8 Å². The van der Waals surface area contributed by atoms with Gasteiger partial charge in [-0.05, 0) is 73.2 Å². The summed E-state index contributed by atoms with van der Waals surface area (Å²) < 4.78 is 21.2. The van der Waals surface area contributed by atoms with Gasteiger partial charge in [0, 0.05) is 53.1 Å². The van der Waals surface area contributed by atoms with Crippen LogP contribution in [0.25, 0.3) is 21.9 Å². The van der Waals surface area contributed by atoms with Crippen LogP contribution in [0.5, 0.6) is 5.88 Å². The number of carbonyl (C=O) groups is 1. The summed E-state index contributed by atoms with van der Waals surface area (Å²) in [5.41, 5.74) is 5.57. The van der Waals surface area contributed by atoms with E-state index in [-0.39, 0.29) is 29.6 Å². The molecule has 1 amide bonds. The number of halogens is 2. The Balaban J connectivity index is 1.27. The average molecular weight is 560 g/mol. The normalized spacial score (nSPS) is 17.4. The van der Waals surface area contributed by atoms with E-state index in [4.69, 9.17) is 16.3 Å². The van der Waals surface area contributed by atoms with Gasteiger partial charge in [-0.3, -0.25) is 4.90 Å². The van der Waals surface area contributed by atoms with Gasteiger partial charge in [-0.25, -0.2) is 19.2 Å². The fourth-order valence-electron chi connectivity index (χ4n) is 6.29. The minimum atomic E-state index is -1.12. The number of hydrogen-bond donors (Lipinski definition) is 2. The maximum atomic E-state index is 15.6. The number of aromatic nitrogens is 2. The topological polar surface area (TPSA) is 90.8 Å². The Morgan fingerprint density at radius 2 is 2.00 bits per heavy atom. The molecule has 1 saturated carbocycles. The van der Waals surface area contributed by atoms with Crippen LogP contribution in [0.3, 0.4) is 0 Å². The summed E-state index contributed by atoms with van der Waals surface area (Å²) in [6.45, 7) is 4.12. The number of pyridine rings is 2. The molecule has 40 heavy (non-hydrogen) atoms. The number of ether oxygens (including phenoxy) is 1. The van der Waals surface area contributed by atoms with E-state index in [0.717, 1.165) is 18.8 Å². The molecular weight excluding hydrogens is 533 g/mol. The molecule has 204 valence electrons. The summed E-state index contributed by atoms with van der Waals surface area (Å²) in [6.07, 6.45) is 4.42. The van der Waals surface area contributed by atoms with Crippen molar-refractivity contribution in [1.82, 2.24) is 14.9 Å². The van der Waals surface area contributed by atoms with Crippen LogP contribution in [0.2, 0.25) is 5.02 Å². The van der Waals surface area contributed by atoms with Gasteiger partial charge >= 0.3 is 6.09 Å². The van der Waals surface area contributed by atoms with Crippen LogP contribution in [-0.4, -0.2) is 52.8 Å². The molecule has 10 heteroatoms. The molecule has 7 rings (SSSR count). The van der Waals surface area contributed by atoms with Crippen molar-refractivity contribution in [2.24, 2.45) is 0 Å². The lowest BCUT2D eigenvalue weighted by molar-refractivity contribution is 0.196. The number of hydrogen-bond acceptors (Lipinski definition) is 6. The van der Waals surface area contributed by atoms with E-state index in [1.807, 2.05) is 6.07 Å².